The Kier molecular flexibility index (Phi) is 4.63. The van der Waals surface area contributed by atoms with Crippen LogP contribution in [-0.2, 0) is 0 Å². The van der Waals surface area contributed by atoms with Crippen molar-refractivity contribution >= 4 is 11.6 Å². The molecule has 1 saturated carbocycles. The number of hydrogen-bond donors (Lipinski definition) is 1. The Morgan fingerprint density at radius 1 is 1.35 bits per heavy atom. The lowest BCUT2D eigenvalue weighted by molar-refractivity contribution is 0.0675. The minimum absolute atomic E-state index is 0.109. The molecule has 1 aliphatic rings. The number of nitrogens with two attached hydrogens (primary N) is 1. The van der Waals surface area contributed by atoms with Crippen molar-refractivity contribution in [3.63, 3.8) is 0 Å². The van der Waals surface area contributed by atoms with Gasteiger partial charge in [0.15, 0.2) is 0 Å². The van der Waals surface area contributed by atoms with Crippen LogP contribution in [0.4, 0.5) is 10.1 Å². The first-order valence-corrected chi connectivity index (χ1v) is 7.35. The van der Waals surface area contributed by atoms with Gasteiger partial charge in [-0.15, -0.1) is 0 Å². The van der Waals surface area contributed by atoms with Gasteiger partial charge in [0.2, 0.25) is 0 Å². The van der Waals surface area contributed by atoms with Crippen molar-refractivity contribution in [2.24, 2.45) is 5.92 Å². The van der Waals surface area contributed by atoms with Crippen molar-refractivity contribution in [3.8, 4) is 0 Å². The van der Waals surface area contributed by atoms with Crippen LogP contribution in [0.15, 0.2) is 18.2 Å². The van der Waals surface area contributed by atoms with E-state index in [1.807, 2.05) is 7.05 Å². The molecule has 0 atom stereocenters. The van der Waals surface area contributed by atoms with E-state index in [0.717, 1.165) is 18.8 Å². The van der Waals surface area contributed by atoms with Crippen molar-refractivity contribution in [3.05, 3.63) is 29.6 Å². The zero-order chi connectivity index (χ0) is 14.7. The minimum Gasteiger partial charge on any atom is -0.398 e. The number of rotatable bonds is 3. The van der Waals surface area contributed by atoms with Crippen molar-refractivity contribution < 1.29 is 9.18 Å². The van der Waals surface area contributed by atoms with E-state index in [4.69, 9.17) is 5.73 Å². The molecule has 0 aliphatic heterocycles. The summed E-state index contributed by atoms with van der Waals surface area (Å²) in [6, 6.07) is 4.23. The maximum Gasteiger partial charge on any atom is 0.255 e. The third-order valence-electron chi connectivity index (χ3n) is 4.51. The number of nitrogen functional groups attached to an aromatic ring is 1. The topological polar surface area (TPSA) is 46.3 Å². The average Bonchev–Trinajstić information content (AvgIpc) is 2.46. The molecule has 1 aromatic rings. The third kappa shape index (κ3) is 3.11. The molecule has 2 rings (SSSR count). The molecule has 0 radical (unpaired) electrons. The van der Waals surface area contributed by atoms with Gasteiger partial charge >= 0.3 is 0 Å². The van der Waals surface area contributed by atoms with Gasteiger partial charge in [0.05, 0.1) is 5.56 Å². The smallest absolute Gasteiger partial charge is 0.255 e. The molecule has 2 N–H and O–H groups in total. The van der Waals surface area contributed by atoms with E-state index in [2.05, 4.69) is 6.92 Å². The van der Waals surface area contributed by atoms with Gasteiger partial charge in [-0.05, 0) is 49.8 Å². The molecule has 0 aromatic heterocycles. The zero-order valence-electron chi connectivity index (χ0n) is 12.2. The van der Waals surface area contributed by atoms with Crippen LogP contribution < -0.4 is 5.73 Å². The number of benzene rings is 1. The quantitative estimate of drug-likeness (QED) is 0.861. The van der Waals surface area contributed by atoms with Crippen LogP contribution in [0.5, 0.6) is 0 Å². The zero-order valence-corrected chi connectivity index (χ0v) is 12.2. The molecule has 110 valence electrons. The summed E-state index contributed by atoms with van der Waals surface area (Å²) in [5, 5.41) is 0. The van der Waals surface area contributed by atoms with Gasteiger partial charge in [-0.3, -0.25) is 4.79 Å². The highest BCUT2D eigenvalue weighted by atomic mass is 19.1. The van der Waals surface area contributed by atoms with Gasteiger partial charge in [-0.25, -0.2) is 4.39 Å². The maximum atomic E-state index is 13.0. The van der Waals surface area contributed by atoms with Crippen LogP contribution in [0.3, 0.4) is 0 Å². The summed E-state index contributed by atoms with van der Waals surface area (Å²) in [7, 11) is 1.82. The second kappa shape index (κ2) is 6.25. The lowest BCUT2D eigenvalue weighted by atomic mass is 9.84. The first kappa shape index (κ1) is 14.8. The molecule has 0 unspecified atom stereocenters. The molecule has 0 spiro atoms. The van der Waals surface area contributed by atoms with E-state index < -0.39 is 5.82 Å². The molecule has 1 aliphatic carbocycles. The Hall–Kier alpha value is -1.58. The first-order chi connectivity index (χ1) is 9.52. The number of amides is 1. The standard InChI is InChI=1S/C16H23FN2O/c1-3-11-4-7-13(8-5-11)19(2)16(20)14-9-6-12(17)10-15(14)18/h6,9-11,13H,3-5,7-8,18H2,1-2H3. The Labute approximate surface area is 120 Å². The molecule has 0 bridgehead atoms. The van der Waals surface area contributed by atoms with E-state index in [1.54, 1.807) is 4.90 Å². The van der Waals surface area contributed by atoms with Crippen LogP contribution in [0, 0.1) is 11.7 Å². The van der Waals surface area contributed by atoms with E-state index in [-0.39, 0.29) is 17.6 Å². The fourth-order valence-electron chi connectivity index (χ4n) is 3.02. The van der Waals surface area contributed by atoms with Gasteiger partial charge < -0.3 is 10.6 Å². The Balaban J connectivity index is 2.05. The normalized spacial score (nSPS) is 22.6. The molecule has 1 amide bonds. The fourth-order valence-corrected chi connectivity index (χ4v) is 3.02. The summed E-state index contributed by atoms with van der Waals surface area (Å²) in [6.45, 7) is 2.22. The average molecular weight is 278 g/mol. The van der Waals surface area contributed by atoms with E-state index in [0.29, 0.717) is 5.56 Å². The summed E-state index contributed by atoms with van der Waals surface area (Å²) in [5.74, 6) is 0.276. The summed E-state index contributed by atoms with van der Waals surface area (Å²) in [6.07, 6.45) is 5.66. The molecule has 0 saturated heterocycles. The monoisotopic (exact) mass is 278 g/mol. The van der Waals surface area contributed by atoms with Crippen LogP contribution >= 0.6 is 0 Å². The number of nitrogens with zero attached hydrogens (tertiary/aromatic N) is 1. The lowest BCUT2D eigenvalue weighted by Crippen LogP contribution is -2.39. The van der Waals surface area contributed by atoms with Crippen LogP contribution in [0.2, 0.25) is 0 Å². The molecule has 1 aromatic carbocycles. The number of halogens is 1. The summed E-state index contributed by atoms with van der Waals surface area (Å²) in [5.41, 5.74) is 6.35. The van der Waals surface area contributed by atoms with Gasteiger partial charge in [0, 0.05) is 18.8 Å². The maximum absolute atomic E-state index is 13.0. The van der Waals surface area contributed by atoms with Crippen molar-refractivity contribution in [1.29, 1.82) is 0 Å². The number of anilines is 1. The van der Waals surface area contributed by atoms with Crippen molar-refractivity contribution in [1.82, 2.24) is 4.90 Å². The van der Waals surface area contributed by atoms with Crippen LogP contribution in [0.1, 0.15) is 49.4 Å². The highest BCUT2D eigenvalue weighted by Crippen LogP contribution is 2.30. The number of carbonyl (C=O) groups is 1. The number of hydrogen-bond acceptors (Lipinski definition) is 2. The highest BCUT2D eigenvalue weighted by molar-refractivity contribution is 5.99. The summed E-state index contributed by atoms with van der Waals surface area (Å²) in [4.78, 5) is 14.2. The molecular weight excluding hydrogens is 255 g/mol. The van der Waals surface area contributed by atoms with Crippen LogP contribution in [-0.4, -0.2) is 23.9 Å². The Bertz CT molecular complexity index is 481. The van der Waals surface area contributed by atoms with Crippen LogP contribution in [0.25, 0.3) is 0 Å². The fraction of sp³-hybridized carbons (Fsp3) is 0.562. The molecule has 0 heterocycles. The SMILES string of the molecule is CCC1CCC(N(C)C(=O)c2ccc(F)cc2N)CC1. The van der Waals surface area contributed by atoms with E-state index >= 15 is 0 Å². The Morgan fingerprint density at radius 2 is 2.00 bits per heavy atom. The van der Waals surface area contributed by atoms with Gasteiger partial charge in [0.1, 0.15) is 5.82 Å². The third-order valence-corrected chi connectivity index (χ3v) is 4.51. The van der Waals surface area contributed by atoms with Gasteiger partial charge in [0.25, 0.3) is 5.91 Å². The van der Waals surface area contributed by atoms with Crippen molar-refractivity contribution in [2.75, 3.05) is 12.8 Å². The summed E-state index contributed by atoms with van der Waals surface area (Å²) >= 11 is 0. The molecule has 3 nitrogen and oxygen atoms in total. The van der Waals surface area contributed by atoms with Gasteiger partial charge in [-0.1, -0.05) is 13.3 Å². The largest absolute Gasteiger partial charge is 0.398 e. The Morgan fingerprint density at radius 3 is 2.55 bits per heavy atom. The second-order valence-electron chi connectivity index (χ2n) is 5.73. The first-order valence-electron chi connectivity index (χ1n) is 7.35. The highest BCUT2D eigenvalue weighted by Gasteiger charge is 2.27. The molecular formula is C16H23FN2O. The molecule has 1 fully saturated rings. The number of carbonyl (C=O) groups excluding carboxylic acids is 1. The second-order valence-corrected chi connectivity index (χ2v) is 5.73. The van der Waals surface area contributed by atoms with Gasteiger partial charge in [-0.2, -0.15) is 0 Å². The van der Waals surface area contributed by atoms with E-state index in [9.17, 15) is 9.18 Å². The molecule has 4 heteroatoms. The predicted molar refractivity (Wildman–Crippen MR) is 78.9 cm³/mol. The lowest BCUT2D eigenvalue weighted by Gasteiger charge is -2.34. The minimum atomic E-state index is -0.412. The molecule has 20 heavy (non-hydrogen) atoms. The summed E-state index contributed by atoms with van der Waals surface area (Å²) < 4.78 is 13.0. The predicted octanol–water partition coefficient (Wildman–Crippen LogP) is 3.45. The van der Waals surface area contributed by atoms with Crippen molar-refractivity contribution in [2.45, 2.75) is 45.1 Å². The van der Waals surface area contributed by atoms with E-state index in [1.165, 1.54) is 37.5 Å².